The van der Waals surface area contributed by atoms with Gasteiger partial charge in [0.05, 0.1) is 6.54 Å². The van der Waals surface area contributed by atoms with Crippen LogP contribution in [0.4, 0.5) is 0 Å². The van der Waals surface area contributed by atoms with Gasteiger partial charge in [-0.2, -0.15) is 5.10 Å². The lowest BCUT2D eigenvalue weighted by Gasteiger charge is -2.18. The van der Waals surface area contributed by atoms with Gasteiger partial charge in [0.15, 0.2) is 5.82 Å². The Kier molecular flexibility index (Phi) is 7.73. The number of hydrogen-bond donors (Lipinski definition) is 2. The zero-order valence-corrected chi connectivity index (χ0v) is 19.6. The van der Waals surface area contributed by atoms with Crippen LogP contribution in [0.25, 0.3) is 6.08 Å². The minimum Gasteiger partial charge on any atom is -0.480 e. The molecule has 8 nitrogen and oxygen atoms in total. The first-order chi connectivity index (χ1) is 16.2. The van der Waals surface area contributed by atoms with E-state index in [1.54, 1.807) is 55.8 Å². The van der Waals surface area contributed by atoms with Crippen molar-refractivity contribution in [1.82, 2.24) is 20.1 Å². The summed E-state index contributed by atoms with van der Waals surface area (Å²) < 4.78 is 1.55. The molecule has 176 valence electrons. The molecule has 1 amide bonds. The van der Waals surface area contributed by atoms with Crippen LogP contribution < -0.4 is 5.32 Å². The Balaban J connectivity index is 1.73. The number of aryl methyl sites for hydroxylation is 2. The maximum atomic E-state index is 12.9. The fourth-order valence-corrected chi connectivity index (χ4v) is 3.40. The van der Waals surface area contributed by atoms with Gasteiger partial charge in [-0.1, -0.05) is 68.0 Å². The quantitative estimate of drug-likeness (QED) is 0.471. The number of hydrogen-bond acceptors (Lipinski definition) is 5. The Bertz CT molecular complexity index is 1230. The number of nitrogens with zero attached hydrogens (tertiary/aromatic N) is 3. The summed E-state index contributed by atoms with van der Waals surface area (Å²) in [6, 6.07) is 13.2. The molecule has 0 bridgehead atoms. The summed E-state index contributed by atoms with van der Waals surface area (Å²) in [5, 5.41) is 16.2. The van der Waals surface area contributed by atoms with E-state index in [2.05, 4.69) is 15.4 Å². The zero-order valence-electron chi connectivity index (χ0n) is 19.6. The highest BCUT2D eigenvalue weighted by molar-refractivity contribution is 6.06. The van der Waals surface area contributed by atoms with E-state index in [9.17, 15) is 19.5 Å². The SMILES string of the molecule is Cc1ccc(C(=O)c2nc(C)nn2C/C=C/c2cccc(C(=O)N[C@H](C(=O)O)C(C)C)c2)cc1. The number of allylic oxidation sites excluding steroid dienone is 1. The van der Waals surface area contributed by atoms with Gasteiger partial charge in [0.2, 0.25) is 5.78 Å². The van der Waals surface area contributed by atoms with Crippen LogP contribution in [0.2, 0.25) is 0 Å². The normalized spacial score (nSPS) is 12.1. The average Bonchev–Trinajstić information content (AvgIpc) is 3.17. The summed E-state index contributed by atoms with van der Waals surface area (Å²) in [6.07, 6.45) is 3.64. The predicted molar refractivity (Wildman–Crippen MR) is 129 cm³/mol. The van der Waals surface area contributed by atoms with Crippen molar-refractivity contribution in [2.45, 2.75) is 40.3 Å². The van der Waals surface area contributed by atoms with Gasteiger partial charge in [-0.05, 0) is 37.5 Å². The molecule has 1 aromatic heterocycles. The lowest BCUT2D eigenvalue weighted by atomic mass is 10.0. The van der Waals surface area contributed by atoms with E-state index in [4.69, 9.17) is 0 Å². The molecule has 0 saturated heterocycles. The van der Waals surface area contributed by atoms with Gasteiger partial charge in [0.1, 0.15) is 11.9 Å². The molecule has 0 aliphatic carbocycles. The maximum absolute atomic E-state index is 12.9. The van der Waals surface area contributed by atoms with Gasteiger partial charge in [-0.25, -0.2) is 14.5 Å². The van der Waals surface area contributed by atoms with Crippen LogP contribution >= 0.6 is 0 Å². The highest BCUT2D eigenvalue weighted by Gasteiger charge is 2.24. The Morgan fingerprint density at radius 1 is 1.06 bits per heavy atom. The third-order valence-electron chi connectivity index (χ3n) is 5.25. The standard InChI is InChI=1S/C26H28N4O4/c1-16(2)22(26(33)34)28-25(32)21-9-5-7-19(15-21)8-6-14-30-24(27-18(4)29-30)23(31)20-12-10-17(3)11-13-20/h5-13,15-16,22H,14H2,1-4H3,(H,28,32)(H,33,34)/b8-6+/t22-/m0/s1. The summed E-state index contributed by atoms with van der Waals surface area (Å²) in [4.78, 5) is 41.1. The molecule has 1 atom stereocenters. The molecule has 8 heteroatoms. The second kappa shape index (κ2) is 10.7. The Morgan fingerprint density at radius 3 is 2.41 bits per heavy atom. The molecule has 3 rings (SSSR count). The zero-order chi connectivity index (χ0) is 24.8. The van der Waals surface area contributed by atoms with E-state index >= 15 is 0 Å². The third-order valence-corrected chi connectivity index (χ3v) is 5.25. The number of carboxylic acid groups (broad SMARTS) is 1. The molecule has 34 heavy (non-hydrogen) atoms. The van der Waals surface area contributed by atoms with Crippen molar-refractivity contribution in [3.8, 4) is 0 Å². The molecule has 0 saturated carbocycles. The lowest BCUT2D eigenvalue weighted by molar-refractivity contribution is -0.140. The molecule has 0 spiro atoms. The smallest absolute Gasteiger partial charge is 0.326 e. The van der Waals surface area contributed by atoms with Crippen molar-refractivity contribution < 1.29 is 19.5 Å². The van der Waals surface area contributed by atoms with Crippen LogP contribution in [0, 0.1) is 19.8 Å². The van der Waals surface area contributed by atoms with Crippen molar-refractivity contribution >= 4 is 23.7 Å². The summed E-state index contributed by atoms with van der Waals surface area (Å²) in [6.45, 7) is 7.48. The molecule has 2 aromatic carbocycles. The van der Waals surface area contributed by atoms with Crippen LogP contribution in [0.5, 0.6) is 0 Å². The van der Waals surface area contributed by atoms with E-state index in [1.165, 1.54) is 0 Å². The molecule has 0 aliphatic heterocycles. The maximum Gasteiger partial charge on any atom is 0.326 e. The number of amides is 1. The number of carbonyl (C=O) groups excluding carboxylic acids is 2. The molecule has 2 N–H and O–H groups in total. The van der Waals surface area contributed by atoms with Crippen LogP contribution in [-0.2, 0) is 11.3 Å². The molecule has 0 fully saturated rings. The van der Waals surface area contributed by atoms with Crippen molar-refractivity contribution in [2.24, 2.45) is 5.92 Å². The molecule has 0 radical (unpaired) electrons. The van der Waals surface area contributed by atoms with Gasteiger partial charge in [-0.3, -0.25) is 9.59 Å². The first-order valence-corrected chi connectivity index (χ1v) is 11.0. The molecule has 0 aliphatic rings. The summed E-state index contributed by atoms with van der Waals surface area (Å²) in [5.74, 6) is -1.21. The van der Waals surface area contributed by atoms with Gasteiger partial charge in [-0.15, -0.1) is 0 Å². The highest BCUT2D eigenvalue weighted by Crippen LogP contribution is 2.12. The highest BCUT2D eigenvalue weighted by atomic mass is 16.4. The predicted octanol–water partition coefficient (Wildman–Crippen LogP) is 3.68. The van der Waals surface area contributed by atoms with Gasteiger partial charge in [0, 0.05) is 11.1 Å². The Labute approximate surface area is 198 Å². The van der Waals surface area contributed by atoms with E-state index in [1.807, 2.05) is 37.3 Å². The molecular weight excluding hydrogens is 432 g/mol. The molecular formula is C26H28N4O4. The minimum absolute atomic E-state index is 0.203. The number of carboxylic acids is 1. The first-order valence-electron chi connectivity index (χ1n) is 11.0. The summed E-state index contributed by atoms with van der Waals surface area (Å²) in [7, 11) is 0. The van der Waals surface area contributed by atoms with Crippen molar-refractivity contribution in [3.63, 3.8) is 0 Å². The number of rotatable bonds is 9. The van der Waals surface area contributed by atoms with Gasteiger partial charge >= 0.3 is 5.97 Å². The van der Waals surface area contributed by atoms with Crippen LogP contribution in [0.3, 0.4) is 0 Å². The minimum atomic E-state index is -1.07. The van der Waals surface area contributed by atoms with Crippen molar-refractivity contribution in [1.29, 1.82) is 0 Å². The largest absolute Gasteiger partial charge is 0.480 e. The number of benzene rings is 2. The van der Waals surface area contributed by atoms with E-state index < -0.39 is 17.9 Å². The van der Waals surface area contributed by atoms with Crippen LogP contribution in [-0.4, -0.2) is 43.6 Å². The molecule has 1 heterocycles. The summed E-state index contributed by atoms with van der Waals surface area (Å²) >= 11 is 0. The average molecular weight is 461 g/mol. The fraction of sp³-hybridized carbons (Fsp3) is 0.269. The second-order valence-electron chi connectivity index (χ2n) is 8.42. The fourth-order valence-electron chi connectivity index (χ4n) is 3.40. The molecule has 3 aromatic rings. The number of aromatic nitrogens is 3. The van der Waals surface area contributed by atoms with Crippen LogP contribution in [0.15, 0.2) is 54.6 Å². The van der Waals surface area contributed by atoms with Gasteiger partial charge in [0.25, 0.3) is 5.91 Å². The lowest BCUT2D eigenvalue weighted by Crippen LogP contribution is -2.44. The Morgan fingerprint density at radius 2 is 1.76 bits per heavy atom. The topological polar surface area (TPSA) is 114 Å². The van der Waals surface area contributed by atoms with E-state index in [0.717, 1.165) is 11.1 Å². The van der Waals surface area contributed by atoms with E-state index in [0.29, 0.717) is 23.5 Å². The van der Waals surface area contributed by atoms with Gasteiger partial charge < -0.3 is 10.4 Å². The summed E-state index contributed by atoms with van der Waals surface area (Å²) in [5.41, 5.74) is 2.73. The number of aliphatic carboxylic acids is 1. The Hall–Kier alpha value is -4.07. The van der Waals surface area contributed by atoms with E-state index in [-0.39, 0.29) is 17.5 Å². The number of ketones is 1. The first kappa shape index (κ1) is 24.6. The van der Waals surface area contributed by atoms with Crippen molar-refractivity contribution in [2.75, 3.05) is 0 Å². The number of nitrogens with one attached hydrogen (secondary N) is 1. The van der Waals surface area contributed by atoms with Crippen molar-refractivity contribution in [3.05, 3.63) is 88.5 Å². The number of carbonyl (C=O) groups is 3. The monoisotopic (exact) mass is 460 g/mol. The third kappa shape index (κ3) is 6.04. The second-order valence-corrected chi connectivity index (χ2v) is 8.42. The molecule has 0 unspecified atom stereocenters. The van der Waals surface area contributed by atoms with Crippen LogP contribution in [0.1, 0.15) is 57.3 Å².